The van der Waals surface area contributed by atoms with Crippen molar-refractivity contribution in [2.75, 3.05) is 0 Å². The molecule has 0 aromatic rings. The van der Waals surface area contributed by atoms with Crippen LogP contribution in [0.25, 0.3) is 0 Å². The molecule has 0 saturated heterocycles. The number of hydrogen-bond acceptors (Lipinski definition) is 3. The minimum atomic E-state index is -0.542. The Labute approximate surface area is 107 Å². The van der Waals surface area contributed by atoms with E-state index in [1.807, 2.05) is 12.2 Å². The van der Waals surface area contributed by atoms with Crippen LogP contribution in [0.4, 0.5) is 4.79 Å². The van der Waals surface area contributed by atoms with Crippen LogP contribution in [-0.2, 0) is 9.53 Å². The first-order chi connectivity index (χ1) is 8.28. The van der Waals surface area contributed by atoms with E-state index >= 15 is 0 Å². The first-order valence-corrected chi connectivity index (χ1v) is 6.25. The van der Waals surface area contributed by atoms with E-state index in [2.05, 4.69) is 5.32 Å². The molecule has 0 unspecified atom stereocenters. The maximum absolute atomic E-state index is 11.7. The highest BCUT2D eigenvalue weighted by Gasteiger charge is 2.48. The molecule has 2 rings (SSSR count). The molecule has 100 valence electrons. The van der Waals surface area contributed by atoms with Gasteiger partial charge in [-0.15, -0.1) is 0 Å². The van der Waals surface area contributed by atoms with Crippen molar-refractivity contribution in [3.8, 4) is 0 Å². The molecule has 4 atom stereocenters. The van der Waals surface area contributed by atoms with E-state index < -0.39 is 11.7 Å². The third-order valence-corrected chi connectivity index (χ3v) is 3.47. The molecule has 2 bridgehead atoms. The normalized spacial score (nSPS) is 33.5. The van der Waals surface area contributed by atoms with E-state index in [1.165, 1.54) is 0 Å². The predicted octanol–water partition coefficient (Wildman–Crippen LogP) is 1.19. The zero-order chi connectivity index (χ0) is 13.5. The van der Waals surface area contributed by atoms with E-state index in [9.17, 15) is 9.59 Å². The molecule has 2 aliphatic rings. The van der Waals surface area contributed by atoms with E-state index in [0.29, 0.717) is 0 Å². The van der Waals surface area contributed by atoms with Crippen molar-refractivity contribution in [1.29, 1.82) is 0 Å². The Bertz CT molecular complexity index is 398. The van der Waals surface area contributed by atoms with Gasteiger partial charge in [0, 0.05) is 0 Å². The third-order valence-electron chi connectivity index (χ3n) is 3.47. The Morgan fingerprint density at radius 2 is 1.89 bits per heavy atom. The number of primary amides is 1. The van der Waals surface area contributed by atoms with Crippen LogP contribution in [0.15, 0.2) is 12.2 Å². The first kappa shape index (κ1) is 12.9. The van der Waals surface area contributed by atoms with Crippen LogP contribution in [0.5, 0.6) is 0 Å². The number of amides is 2. The Morgan fingerprint density at radius 1 is 1.28 bits per heavy atom. The average molecular weight is 252 g/mol. The first-order valence-electron chi connectivity index (χ1n) is 6.25. The number of carbonyl (C=O) groups excluding carboxylic acids is 2. The minimum absolute atomic E-state index is 0.160. The molecule has 5 nitrogen and oxygen atoms in total. The minimum Gasteiger partial charge on any atom is -0.444 e. The number of fused-ring (bicyclic) bond motifs is 2. The molecular formula is C13H20N2O3. The van der Waals surface area contributed by atoms with Crippen molar-refractivity contribution in [2.45, 2.75) is 38.8 Å². The number of carbonyl (C=O) groups is 2. The summed E-state index contributed by atoms with van der Waals surface area (Å²) < 4.78 is 5.21. The molecule has 3 N–H and O–H groups in total. The van der Waals surface area contributed by atoms with Crippen LogP contribution in [0.1, 0.15) is 27.2 Å². The lowest BCUT2D eigenvalue weighted by Crippen LogP contribution is -2.48. The summed E-state index contributed by atoms with van der Waals surface area (Å²) in [5.74, 6) is -0.312. The van der Waals surface area contributed by atoms with Crippen LogP contribution in [0.3, 0.4) is 0 Å². The van der Waals surface area contributed by atoms with Crippen LogP contribution < -0.4 is 11.1 Å². The third kappa shape index (κ3) is 2.49. The Kier molecular flexibility index (Phi) is 3.09. The smallest absolute Gasteiger partial charge is 0.407 e. The fourth-order valence-corrected chi connectivity index (χ4v) is 2.85. The van der Waals surface area contributed by atoms with E-state index in [4.69, 9.17) is 10.5 Å². The van der Waals surface area contributed by atoms with Gasteiger partial charge in [0.2, 0.25) is 5.91 Å². The summed E-state index contributed by atoms with van der Waals surface area (Å²) in [6.07, 6.45) is 4.47. The summed E-state index contributed by atoms with van der Waals surface area (Å²) in [7, 11) is 0. The highest BCUT2D eigenvalue weighted by Crippen LogP contribution is 2.43. The lowest BCUT2D eigenvalue weighted by Gasteiger charge is -2.28. The molecule has 0 aromatic heterocycles. The van der Waals surface area contributed by atoms with Crippen LogP contribution in [0.2, 0.25) is 0 Å². The summed E-state index contributed by atoms with van der Waals surface area (Å²) in [6.45, 7) is 5.41. The van der Waals surface area contributed by atoms with Gasteiger partial charge in [-0.1, -0.05) is 12.2 Å². The molecule has 5 heteroatoms. The number of alkyl carbamates (subject to hydrolysis) is 1. The van der Waals surface area contributed by atoms with Crippen molar-refractivity contribution in [3.05, 3.63) is 12.2 Å². The Morgan fingerprint density at radius 3 is 2.44 bits per heavy atom. The molecule has 0 spiro atoms. The zero-order valence-electron chi connectivity index (χ0n) is 11.0. The molecule has 0 heterocycles. The molecule has 0 radical (unpaired) electrons. The topological polar surface area (TPSA) is 81.4 Å². The molecule has 1 saturated carbocycles. The number of rotatable bonds is 2. The summed E-state index contributed by atoms with van der Waals surface area (Å²) in [5, 5.41) is 2.79. The van der Waals surface area contributed by atoms with Gasteiger partial charge in [-0.3, -0.25) is 4.79 Å². The van der Waals surface area contributed by atoms with Crippen molar-refractivity contribution in [2.24, 2.45) is 23.5 Å². The van der Waals surface area contributed by atoms with Gasteiger partial charge in [0.25, 0.3) is 0 Å². The molecule has 18 heavy (non-hydrogen) atoms. The van der Waals surface area contributed by atoms with Gasteiger partial charge in [-0.2, -0.15) is 0 Å². The van der Waals surface area contributed by atoms with Crippen molar-refractivity contribution >= 4 is 12.0 Å². The molecule has 0 aliphatic heterocycles. The lowest BCUT2D eigenvalue weighted by atomic mass is 9.88. The van der Waals surface area contributed by atoms with Gasteiger partial charge in [-0.05, 0) is 39.0 Å². The Hall–Kier alpha value is -1.52. The summed E-state index contributed by atoms with van der Waals surface area (Å²) in [4.78, 5) is 23.2. The number of nitrogens with one attached hydrogen (secondary N) is 1. The summed E-state index contributed by atoms with van der Waals surface area (Å²) in [5.41, 5.74) is 4.87. The number of ether oxygens (including phenoxy) is 1. The number of nitrogens with two attached hydrogens (primary N) is 1. The maximum atomic E-state index is 11.7. The Balaban J connectivity index is 2.02. The van der Waals surface area contributed by atoms with Gasteiger partial charge >= 0.3 is 6.09 Å². The predicted molar refractivity (Wildman–Crippen MR) is 66.6 cm³/mol. The molecular weight excluding hydrogens is 232 g/mol. The monoisotopic (exact) mass is 252 g/mol. The van der Waals surface area contributed by atoms with Gasteiger partial charge in [-0.25, -0.2) is 4.79 Å². The van der Waals surface area contributed by atoms with E-state index in [1.54, 1.807) is 20.8 Å². The largest absolute Gasteiger partial charge is 0.444 e. The van der Waals surface area contributed by atoms with Crippen molar-refractivity contribution in [3.63, 3.8) is 0 Å². The van der Waals surface area contributed by atoms with Gasteiger partial charge in [0.15, 0.2) is 0 Å². The van der Waals surface area contributed by atoms with E-state index in [-0.39, 0.29) is 29.7 Å². The second-order valence-corrected chi connectivity index (χ2v) is 6.05. The van der Waals surface area contributed by atoms with Crippen molar-refractivity contribution in [1.82, 2.24) is 5.32 Å². The van der Waals surface area contributed by atoms with Crippen molar-refractivity contribution < 1.29 is 14.3 Å². The second-order valence-electron chi connectivity index (χ2n) is 6.05. The molecule has 1 fully saturated rings. The highest BCUT2D eigenvalue weighted by molar-refractivity contribution is 5.80. The molecule has 0 aromatic carbocycles. The lowest BCUT2D eigenvalue weighted by molar-refractivity contribution is -0.123. The van der Waals surface area contributed by atoms with Crippen LogP contribution >= 0.6 is 0 Å². The number of hydrogen-bond donors (Lipinski definition) is 2. The van der Waals surface area contributed by atoms with E-state index in [0.717, 1.165) is 6.42 Å². The number of allylic oxidation sites excluding steroid dienone is 1. The fraction of sp³-hybridized carbons (Fsp3) is 0.692. The standard InChI is InChI=1S/C13H20N2O3/c1-13(2,3)18-12(17)15-10-8-5-4-7(6-8)9(10)11(14)16/h4-5,7-10H,6H2,1-3H3,(H2,14,16)(H,15,17)/t7-,8-,9-,10-/m1/s1. The van der Waals surface area contributed by atoms with Gasteiger partial charge in [0.1, 0.15) is 5.60 Å². The second kappa shape index (κ2) is 4.30. The maximum Gasteiger partial charge on any atom is 0.407 e. The fourth-order valence-electron chi connectivity index (χ4n) is 2.85. The summed E-state index contributed by atoms with van der Waals surface area (Å²) >= 11 is 0. The van der Waals surface area contributed by atoms with Gasteiger partial charge in [0.05, 0.1) is 12.0 Å². The molecule has 2 aliphatic carbocycles. The van der Waals surface area contributed by atoms with Crippen LogP contribution in [-0.4, -0.2) is 23.6 Å². The molecule has 2 amide bonds. The zero-order valence-corrected chi connectivity index (χ0v) is 11.0. The highest BCUT2D eigenvalue weighted by atomic mass is 16.6. The van der Waals surface area contributed by atoms with Gasteiger partial charge < -0.3 is 15.8 Å². The quantitative estimate of drug-likeness (QED) is 0.724. The average Bonchev–Trinajstić information content (AvgIpc) is 2.73. The summed E-state index contributed by atoms with van der Waals surface area (Å²) in [6, 6.07) is -0.229. The van der Waals surface area contributed by atoms with Crippen LogP contribution in [0, 0.1) is 17.8 Å². The SMILES string of the molecule is CC(C)(C)OC(=O)N[C@H]1[C@H](C(N)=O)[C@@H]2C=C[C@@H]1C2.